The van der Waals surface area contributed by atoms with Crippen LogP contribution in [-0.2, 0) is 16.1 Å². The number of carbonyl (C=O) groups is 1. The molecule has 1 aromatic carbocycles. The van der Waals surface area contributed by atoms with Crippen LogP contribution in [0.5, 0.6) is 0 Å². The molecule has 1 fully saturated rings. The van der Waals surface area contributed by atoms with Crippen LogP contribution in [0.25, 0.3) is 4.91 Å². The van der Waals surface area contributed by atoms with Crippen molar-refractivity contribution >= 4 is 22.6 Å². The molecule has 0 bridgehead atoms. The Kier molecular flexibility index (Phi) is 6.46. The van der Waals surface area contributed by atoms with Gasteiger partial charge in [-0.1, -0.05) is 24.3 Å². The van der Waals surface area contributed by atoms with Crippen molar-refractivity contribution in [2.24, 2.45) is 5.73 Å². The zero-order chi connectivity index (χ0) is 15.8. The normalized spacial score (nSPS) is 16.2. The van der Waals surface area contributed by atoms with E-state index in [1.807, 2.05) is 18.2 Å². The summed E-state index contributed by atoms with van der Waals surface area (Å²) in [6, 6.07) is 10.1. The van der Waals surface area contributed by atoms with Crippen molar-refractivity contribution in [3.8, 4) is 6.07 Å². The van der Waals surface area contributed by atoms with E-state index < -0.39 is 5.91 Å². The van der Waals surface area contributed by atoms with Crippen molar-refractivity contribution in [2.45, 2.75) is 6.54 Å². The highest BCUT2D eigenvalue weighted by molar-refractivity contribution is 8.08. The molecule has 1 saturated heterocycles. The molecule has 0 atom stereocenters. The zero-order valence-electron chi connectivity index (χ0n) is 12.3. The minimum atomic E-state index is -0.391. The van der Waals surface area contributed by atoms with Gasteiger partial charge in [0.05, 0.1) is 25.0 Å². The Labute approximate surface area is 134 Å². The summed E-state index contributed by atoms with van der Waals surface area (Å²) in [5, 5.41) is 8.86. The zero-order valence-corrected chi connectivity index (χ0v) is 13.1. The average Bonchev–Trinajstić information content (AvgIpc) is 2.53. The van der Waals surface area contributed by atoms with Crippen molar-refractivity contribution in [2.75, 3.05) is 32.1 Å². The first-order chi connectivity index (χ1) is 10.7. The third-order valence-corrected chi connectivity index (χ3v) is 4.41. The number of hydrogen-bond acceptors (Lipinski definition) is 5. The summed E-state index contributed by atoms with van der Waals surface area (Å²) < 4.78 is 5.34. The van der Waals surface area contributed by atoms with Crippen molar-refractivity contribution in [3.05, 3.63) is 41.5 Å². The highest BCUT2D eigenvalue weighted by Gasteiger charge is 2.11. The SMILES string of the molecule is N#CC=C(SCC(N)=O)c1ccc(CN2CCOCC2)cc1. The minimum absolute atomic E-state index is 0.170. The van der Waals surface area contributed by atoms with Crippen LogP contribution in [0, 0.1) is 11.3 Å². The summed E-state index contributed by atoms with van der Waals surface area (Å²) >= 11 is 1.29. The lowest BCUT2D eigenvalue weighted by Gasteiger charge is -2.26. The fraction of sp³-hybridized carbons (Fsp3) is 0.375. The monoisotopic (exact) mass is 317 g/mol. The summed E-state index contributed by atoms with van der Waals surface area (Å²) in [7, 11) is 0. The lowest BCUT2D eigenvalue weighted by molar-refractivity contribution is -0.115. The maximum Gasteiger partial charge on any atom is 0.227 e. The van der Waals surface area contributed by atoms with Crippen molar-refractivity contribution in [3.63, 3.8) is 0 Å². The summed E-state index contributed by atoms with van der Waals surface area (Å²) in [4.78, 5) is 14.0. The van der Waals surface area contributed by atoms with Crippen LogP contribution in [-0.4, -0.2) is 42.9 Å². The van der Waals surface area contributed by atoms with Crippen LogP contribution in [0.4, 0.5) is 0 Å². The molecule has 116 valence electrons. The van der Waals surface area contributed by atoms with Crippen LogP contribution in [0.2, 0.25) is 0 Å². The van der Waals surface area contributed by atoms with Crippen LogP contribution in [0.3, 0.4) is 0 Å². The second-order valence-electron chi connectivity index (χ2n) is 4.98. The molecule has 1 aromatic rings. The molecule has 5 nitrogen and oxygen atoms in total. The number of primary amides is 1. The first-order valence-corrected chi connectivity index (χ1v) is 8.08. The van der Waals surface area contributed by atoms with E-state index in [2.05, 4.69) is 17.0 Å². The predicted octanol–water partition coefficient (Wildman–Crippen LogP) is 1.60. The van der Waals surface area contributed by atoms with E-state index in [1.54, 1.807) is 0 Å². The lowest BCUT2D eigenvalue weighted by atomic mass is 10.1. The smallest absolute Gasteiger partial charge is 0.227 e. The first kappa shape index (κ1) is 16.6. The van der Waals surface area contributed by atoms with E-state index in [-0.39, 0.29) is 5.75 Å². The molecule has 6 heteroatoms. The van der Waals surface area contributed by atoms with Gasteiger partial charge in [0.15, 0.2) is 0 Å². The molecule has 0 unspecified atom stereocenters. The topological polar surface area (TPSA) is 79.3 Å². The van der Waals surface area contributed by atoms with Gasteiger partial charge in [0, 0.05) is 30.6 Å². The Morgan fingerprint density at radius 2 is 2.05 bits per heavy atom. The summed E-state index contributed by atoms with van der Waals surface area (Å²) in [5.41, 5.74) is 7.31. The first-order valence-electron chi connectivity index (χ1n) is 7.09. The van der Waals surface area contributed by atoms with Gasteiger partial charge in [0.1, 0.15) is 0 Å². The molecule has 22 heavy (non-hydrogen) atoms. The second kappa shape index (κ2) is 8.59. The molecule has 0 radical (unpaired) electrons. The molecule has 1 amide bonds. The Hall–Kier alpha value is -1.81. The van der Waals surface area contributed by atoms with E-state index in [9.17, 15) is 4.79 Å². The number of benzene rings is 1. The molecule has 1 heterocycles. The van der Waals surface area contributed by atoms with Gasteiger partial charge in [-0.3, -0.25) is 9.69 Å². The molecule has 0 saturated carbocycles. The molecule has 0 spiro atoms. The maximum absolute atomic E-state index is 10.9. The third-order valence-electron chi connectivity index (χ3n) is 3.31. The van der Waals surface area contributed by atoms with E-state index in [0.717, 1.165) is 43.3 Å². The number of carbonyl (C=O) groups excluding carboxylic acids is 1. The fourth-order valence-corrected chi connectivity index (χ4v) is 2.94. The van der Waals surface area contributed by atoms with Crippen molar-refractivity contribution < 1.29 is 9.53 Å². The van der Waals surface area contributed by atoms with Crippen LogP contribution in [0.15, 0.2) is 30.3 Å². The second-order valence-corrected chi connectivity index (χ2v) is 6.00. The highest BCUT2D eigenvalue weighted by Crippen LogP contribution is 2.27. The molecule has 1 aliphatic heterocycles. The number of amides is 1. The molecule has 2 N–H and O–H groups in total. The number of thioether (sulfide) groups is 1. The van der Waals surface area contributed by atoms with Gasteiger partial charge in [-0.2, -0.15) is 5.26 Å². The van der Waals surface area contributed by atoms with Gasteiger partial charge in [-0.25, -0.2) is 0 Å². The van der Waals surface area contributed by atoms with Gasteiger partial charge in [0.2, 0.25) is 5.91 Å². The van der Waals surface area contributed by atoms with Crippen LogP contribution in [0.1, 0.15) is 11.1 Å². The summed E-state index contributed by atoms with van der Waals surface area (Å²) in [5.74, 6) is -0.221. The highest BCUT2D eigenvalue weighted by atomic mass is 32.2. The number of nitriles is 1. The van der Waals surface area contributed by atoms with Crippen LogP contribution >= 0.6 is 11.8 Å². The van der Waals surface area contributed by atoms with Gasteiger partial charge in [-0.05, 0) is 11.1 Å². The maximum atomic E-state index is 10.9. The van der Waals surface area contributed by atoms with Gasteiger partial charge in [0.25, 0.3) is 0 Å². The molecule has 2 rings (SSSR count). The third kappa shape index (κ3) is 5.19. The Morgan fingerprint density at radius 1 is 1.36 bits per heavy atom. The minimum Gasteiger partial charge on any atom is -0.379 e. The fourth-order valence-electron chi connectivity index (χ4n) is 2.21. The number of rotatable bonds is 6. The molecular formula is C16H19N3O2S. The Balaban J connectivity index is 2.01. The largest absolute Gasteiger partial charge is 0.379 e. The standard InChI is InChI=1S/C16H19N3O2S/c17-6-5-15(22-12-16(18)20)14-3-1-13(2-4-14)11-19-7-9-21-10-8-19/h1-5H,7-12H2,(H2,18,20). The summed E-state index contributed by atoms with van der Waals surface area (Å²) in [6.45, 7) is 4.38. The van der Waals surface area contributed by atoms with Crippen molar-refractivity contribution in [1.29, 1.82) is 5.26 Å². The molecule has 0 aliphatic carbocycles. The Morgan fingerprint density at radius 3 is 2.64 bits per heavy atom. The summed E-state index contributed by atoms with van der Waals surface area (Å²) in [6.07, 6.45) is 1.45. The van der Waals surface area contributed by atoms with Crippen LogP contribution < -0.4 is 5.73 Å². The number of nitrogens with two attached hydrogens (primary N) is 1. The number of morpholine rings is 1. The average molecular weight is 317 g/mol. The van der Waals surface area contributed by atoms with Gasteiger partial charge >= 0.3 is 0 Å². The van der Waals surface area contributed by atoms with E-state index >= 15 is 0 Å². The number of hydrogen-bond donors (Lipinski definition) is 1. The number of allylic oxidation sites excluding steroid dienone is 1. The van der Waals surface area contributed by atoms with Gasteiger partial charge in [-0.15, -0.1) is 11.8 Å². The Bertz CT molecular complexity index is 572. The molecule has 1 aliphatic rings. The quantitative estimate of drug-likeness (QED) is 0.806. The lowest BCUT2D eigenvalue weighted by Crippen LogP contribution is -2.35. The van der Waals surface area contributed by atoms with E-state index in [1.165, 1.54) is 23.4 Å². The van der Waals surface area contributed by atoms with Gasteiger partial charge < -0.3 is 10.5 Å². The molecular weight excluding hydrogens is 298 g/mol. The predicted molar refractivity (Wildman–Crippen MR) is 87.8 cm³/mol. The van der Waals surface area contributed by atoms with Crippen molar-refractivity contribution in [1.82, 2.24) is 4.90 Å². The number of nitrogens with zero attached hydrogens (tertiary/aromatic N) is 2. The van der Waals surface area contributed by atoms with E-state index in [4.69, 9.17) is 15.7 Å². The van der Waals surface area contributed by atoms with E-state index in [0.29, 0.717) is 0 Å². The molecule has 0 aromatic heterocycles. The number of ether oxygens (including phenoxy) is 1.